The van der Waals surface area contributed by atoms with Crippen molar-refractivity contribution in [1.29, 1.82) is 0 Å². The van der Waals surface area contributed by atoms with Gasteiger partial charge in [-0.1, -0.05) is 37.0 Å². The number of nitrogens with zero attached hydrogens (tertiary/aromatic N) is 2. The Labute approximate surface area is 193 Å². The van der Waals surface area contributed by atoms with Crippen LogP contribution in [0.15, 0.2) is 28.8 Å². The van der Waals surface area contributed by atoms with Gasteiger partial charge in [-0.05, 0) is 43.9 Å². The maximum absolute atomic E-state index is 12.6. The van der Waals surface area contributed by atoms with Crippen LogP contribution in [0.25, 0.3) is 11.3 Å². The number of aryl methyl sites for hydroxylation is 1. The van der Waals surface area contributed by atoms with E-state index in [0.29, 0.717) is 72.0 Å². The van der Waals surface area contributed by atoms with Crippen LogP contribution in [0, 0.1) is 11.8 Å². The maximum atomic E-state index is 12.6. The molecular formula is C23H29Cl2N3O3. The van der Waals surface area contributed by atoms with Crippen LogP contribution >= 0.6 is 23.2 Å². The third-order valence-corrected chi connectivity index (χ3v) is 6.44. The molecule has 2 heterocycles. The molecule has 6 nitrogen and oxygen atoms in total. The molecule has 1 saturated heterocycles. The van der Waals surface area contributed by atoms with Crippen molar-refractivity contribution in [3.05, 3.63) is 40.3 Å². The molecule has 3 rings (SSSR count). The summed E-state index contributed by atoms with van der Waals surface area (Å²) >= 11 is 12.2. The first-order valence-corrected chi connectivity index (χ1v) is 11.5. The van der Waals surface area contributed by atoms with Crippen molar-refractivity contribution in [2.75, 3.05) is 13.1 Å². The summed E-state index contributed by atoms with van der Waals surface area (Å²) in [5, 5.41) is 4.12. The highest BCUT2D eigenvalue weighted by Crippen LogP contribution is 2.31. The molecule has 1 aromatic heterocycles. The summed E-state index contributed by atoms with van der Waals surface area (Å²) in [6, 6.07) is 5.32. The smallest absolute Gasteiger partial charge is 0.223 e. The van der Waals surface area contributed by atoms with E-state index in [1.54, 1.807) is 24.4 Å². The van der Waals surface area contributed by atoms with Gasteiger partial charge in [-0.3, -0.25) is 9.59 Å². The van der Waals surface area contributed by atoms with Gasteiger partial charge in [0.05, 0.1) is 11.2 Å². The van der Waals surface area contributed by atoms with Crippen LogP contribution in [0.2, 0.25) is 10.0 Å². The second kappa shape index (κ2) is 10.5. The van der Waals surface area contributed by atoms with E-state index in [9.17, 15) is 9.59 Å². The number of carbonyl (C=O) groups is 2. The Morgan fingerprint density at radius 2 is 1.94 bits per heavy atom. The minimum atomic E-state index is -0.0244. The zero-order valence-electron chi connectivity index (χ0n) is 18.2. The molecule has 1 aliphatic rings. The highest BCUT2D eigenvalue weighted by molar-refractivity contribution is 6.36. The number of aromatic nitrogens is 1. The molecule has 8 heteroatoms. The fourth-order valence-electron chi connectivity index (χ4n) is 3.51. The molecule has 31 heavy (non-hydrogen) atoms. The second-order valence-electron chi connectivity index (χ2n) is 8.44. The molecule has 2 amide bonds. The lowest BCUT2D eigenvalue weighted by atomic mass is 9.94. The average Bonchev–Trinajstić information content (AvgIpc) is 3.20. The minimum absolute atomic E-state index is 0.0244. The number of halogens is 2. The van der Waals surface area contributed by atoms with Crippen molar-refractivity contribution in [2.24, 2.45) is 11.8 Å². The van der Waals surface area contributed by atoms with Gasteiger partial charge in [0.25, 0.3) is 0 Å². The Hall–Kier alpha value is -2.05. The summed E-state index contributed by atoms with van der Waals surface area (Å²) in [5.74, 6) is 1.57. The van der Waals surface area contributed by atoms with Crippen molar-refractivity contribution in [3.8, 4) is 11.3 Å². The molecule has 1 aliphatic heterocycles. The summed E-state index contributed by atoms with van der Waals surface area (Å²) in [4.78, 5) is 31.1. The third kappa shape index (κ3) is 6.23. The zero-order valence-corrected chi connectivity index (χ0v) is 19.7. The number of carbonyl (C=O) groups excluding carboxylic acids is 2. The Bertz CT molecular complexity index is 921. The molecule has 1 aromatic carbocycles. The van der Waals surface area contributed by atoms with E-state index >= 15 is 0 Å². The van der Waals surface area contributed by atoms with Crippen molar-refractivity contribution in [2.45, 2.75) is 52.5 Å². The molecule has 1 fully saturated rings. The monoisotopic (exact) mass is 465 g/mol. The van der Waals surface area contributed by atoms with Gasteiger partial charge in [0.15, 0.2) is 11.7 Å². The van der Waals surface area contributed by atoms with E-state index in [0.717, 1.165) is 0 Å². The van der Waals surface area contributed by atoms with Crippen molar-refractivity contribution >= 4 is 35.0 Å². The fourth-order valence-corrected chi connectivity index (χ4v) is 4.01. The van der Waals surface area contributed by atoms with Gasteiger partial charge >= 0.3 is 0 Å². The molecule has 1 atom stereocenters. The molecule has 168 valence electrons. The van der Waals surface area contributed by atoms with Crippen LogP contribution in [0.5, 0.6) is 0 Å². The van der Waals surface area contributed by atoms with E-state index in [1.807, 2.05) is 11.8 Å². The number of rotatable bonds is 7. The number of oxazole rings is 1. The number of piperidine rings is 1. The molecule has 0 aliphatic carbocycles. The number of hydrogen-bond donors (Lipinski definition) is 1. The zero-order chi connectivity index (χ0) is 22.5. The topological polar surface area (TPSA) is 75.4 Å². The summed E-state index contributed by atoms with van der Waals surface area (Å²) in [7, 11) is 0. The van der Waals surface area contributed by atoms with Gasteiger partial charge in [-0.15, -0.1) is 0 Å². The van der Waals surface area contributed by atoms with Gasteiger partial charge in [-0.2, -0.15) is 0 Å². The molecular weight excluding hydrogens is 437 g/mol. The number of likely N-dealkylation sites (tertiary alicyclic amines) is 1. The molecule has 0 spiro atoms. The van der Waals surface area contributed by atoms with Crippen molar-refractivity contribution in [3.63, 3.8) is 0 Å². The van der Waals surface area contributed by atoms with Gasteiger partial charge in [0, 0.05) is 48.5 Å². The average molecular weight is 466 g/mol. The van der Waals surface area contributed by atoms with Crippen LogP contribution in [0.3, 0.4) is 0 Å². The summed E-state index contributed by atoms with van der Waals surface area (Å²) in [6.07, 6.45) is 3.73. The van der Waals surface area contributed by atoms with Gasteiger partial charge in [0.1, 0.15) is 0 Å². The summed E-state index contributed by atoms with van der Waals surface area (Å²) < 4.78 is 5.77. The minimum Gasteiger partial charge on any atom is -0.441 e. The van der Waals surface area contributed by atoms with E-state index in [1.165, 1.54) is 0 Å². The van der Waals surface area contributed by atoms with Crippen LogP contribution in [-0.4, -0.2) is 40.8 Å². The number of amides is 2. The Kier molecular flexibility index (Phi) is 8.00. The van der Waals surface area contributed by atoms with Crippen molar-refractivity contribution < 1.29 is 14.0 Å². The highest BCUT2D eigenvalue weighted by atomic mass is 35.5. The molecule has 0 radical (unpaired) electrons. The lowest BCUT2D eigenvalue weighted by molar-refractivity contribution is -0.135. The van der Waals surface area contributed by atoms with E-state index in [4.69, 9.17) is 27.6 Å². The molecule has 2 aromatic rings. The van der Waals surface area contributed by atoms with Crippen molar-refractivity contribution in [1.82, 2.24) is 15.2 Å². The number of hydrogen-bond acceptors (Lipinski definition) is 4. The number of nitrogens with one attached hydrogen (secondary N) is 1. The van der Waals surface area contributed by atoms with Crippen LogP contribution in [-0.2, 0) is 16.0 Å². The molecule has 0 saturated carbocycles. The van der Waals surface area contributed by atoms with Gasteiger partial charge < -0.3 is 14.6 Å². The Morgan fingerprint density at radius 3 is 2.58 bits per heavy atom. The lowest BCUT2D eigenvalue weighted by Crippen LogP contribution is -2.45. The second-order valence-corrected chi connectivity index (χ2v) is 9.28. The predicted octanol–water partition coefficient (Wildman–Crippen LogP) is 4.98. The quantitative estimate of drug-likeness (QED) is 0.625. The van der Waals surface area contributed by atoms with Gasteiger partial charge in [-0.25, -0.2) is 4.98 Å². The maximum Gasteiger partial charge on any atom is 0.223 e. The van der Waals surface area contributed by atoms with E-state index in [2.05, 4.69) is 24.1 Å². The Morgan fingerprint density at radius 1 is 1.23 bits per heavy atom. The van der Waals surface area contributed by atoms with Gasteiger partial charge in [0.2, 0.25) is 11.8 Å². The summed E-state index contributed by atoms with van der Waals surface area (Å²) in [6.45, 7) is 7.41. The fraction of sp³-hybridized carbons (Fsp3) is 0.522. The molecule has 1 unspecified atom stereocenters. The largest absolute Gasteiger partial charge is 0.441 e. The first kappa shape index (κ1) is 23.6. The van der Waals surface area contributed by atoms with E-state index in [-0.39, 0.29) is 23.8 Å². The standard InChI is InChI=1S/C23H29Cl2N3O3/c1-14(2)15(3)27-23(30)16-8-10-28(11-9-16)22(29)7-6-21-26-13-20(31-21)18-5-4-17(24)12-19(18)25/h4-5,12-16H,6-11H2,1-3H3,(H,27,30). The normalized spacial score (nSPS) is 15.9. The first-order chi connectivity index (χ1) is 14.7. The van der Waals surface area contributed by atoms with Crippen LogP contribution in [0.1, 0.15) is 45.9 Å². The lowest BCUT2D eigenvalue weighted by Gasteiger charge is -2.32. The SMILES string of the molecule is CC(C)C(C)NC(=O)C1CCN(C(=O)CCc2ncc(-c3ccc(Cl)cc3Cl)o2)CC1. The van der Waals surface area contributed by atoms with Crippen LogP contribution in [0.4, 0.5) is 0 Å². The number of benzene rings is 1. The predicted molar refractivity (Wildman–Crippen MR) is 122 cm³/mol. The molecule has 0 bridgehead atoms. The highest BCUT2D eigenvalue weighted by Gasteiger charge is 2.28. The third-order valence-electron chi connectivity index (χ3n) is 5.89. The van der Waals surface area contributed by atoms with Crippen LogP contribution < -0.4 is 5.32 Å². The Balaban J connectivity index is 1.47. The first-order valence-electron chi connectivity index (χ1n) is 10.7. The summed E-state index contributed by atoms with van der Waals surface area (Å²) in [5.41, 5.74) is 0.711. The molecule has 1 N–H and O–H groups in total. The van der Waals surface area contributed by atoms with E-state index < -0.39 is 0 Å².